The Bertz CT molecular complexity index is 509. The first-order chi connectivity index (χ1) is 10.9. The molecule has 134 valence electrons. The summed E-state index contributed by atoms with van der Waals surface area (Å²) in [6.45, 7) is 6.34. The molecule has 0 saturated carbocycles. The second kappa shape index (κ2) is 9.19. The van der Waals surface area contributed by atoms with Crippen LogP contribution in [0.15, 0.2) is 0 Å². The summed E-state index contributed by atoms with van der Waals surface area (Å²) >= 11 is 0. The zero-order valence-electron chi connectivity index (χ0n) is 14.1. The molecule has 1 atom stereocenters. The van der Waals surface area contributed by atoms with E-state index >= 15 is 0 Å². The molecule has 0 aliphatic carbocycles. The minimum Gasteiger partial charge on any atom is -0.466 e. The molecule has 1 saturated heterocycles. The number of rotatable bonds is 8. The van der Waals surface area contributed by atoms with Gasteiger partial charge in [-0.15, -0.1) is 0 Å². The van der Waals surface area contributed by atoms with E-state index in [0.717, 1.165) is 4.31 Å². The number of hydrogen-bond donors (Lipinski definition) is 1. The van der Waals surface area contributed by atoms with Crippen LogP contribution in [0, 0.1) is 5.92 Å². The Morgan fingerprint density at radius 2 is 2.00 bits per heavy atom. The lowest BCUT2D eigenvalue weighted by Gasteiger charge is -2.34. The summed E-state index contributed by atoms with van der Waals surface area (Å²) in [7, 11) is -3.77. The molecule has 1 N–H and O–H groups in total. The second-order valence-corrected chi connectivity index (χ2v) is 7.27. The van der Waals surface area contributed by atoms with Gasteiger partial charge in [0.2, 0.25) is 5.91 Å². The van der Waals surface area contributed by atoms with Gasteiger partial charge in [-0.2, -0.15) is 17.0 Å². The average Bonchev–Trinajstić information content (AvgIpc) is 2.53. The number of esters is 1. The van der Waals surface area contributed by atoms with E-state index in [-0.39, 0.29) is 38.1 Å². The number of ether oxygens (including phenoxy) is 1. The van der Waals surface area contributed by atoms with E-state index in [1.165, 1.54) is 4.31 Å². The topological polar surface area (TPSA) is 96.0 Å². The third kappa shape index (κ3) is 5.43. The molecule has 1 aliphatic rings. The van der Waals surface area contributed by atoms with Crippen molar-refractivity contribution in [1.82, 2.24) is 13.9 Å². The SMILES string of the molecule is CCNC(=O)CN(CC)S(=O)(=O)N1CCCC(C(=O)OCC)C1. The number of nitrogens with zero attached hydrogens (tertiary/aromatic N) is 2. The number of carbonyl (C=O) groups excluding carboxylic acids is 2. The molecule has 1 rings (SSSR count). The normalized spacial score (nSPS) is 19.6. The van der Waals surface area contributed by atoms with Gasteiger partial charge in [0.15, 0.2) is 0 Å². The first kappa shape index (κ1) is 19.9. The zero-order chi connectivity index (χ0) is 17.5. The van der Waals surface area contributed by atoms with Crippen molar-refractivity contribution in [2.75, 3.05) is 39.3 Å². The zero-order valence-corrected chi connectivity index (χ0v) is 14.9. The van der Waals surface area contributed by atoms with E-state index in [1.54, 1.807) is 20.8 Å². The number of amides is 1. The minimum atomic E-state index is -3.77. The maximum absolute atomic E-state index is 12.7. The molecule has 1 aliphatic heterocycles. The van der Waals surface area contributed by atoms with Gasteiger partial charge < -0.3 is 10.1 Å². The Morgan fingerprint density at radius 3 is 2.57 bits per heavy atom. The highest BCUT2D eigenvalue weighted by Crippen LogP contribution is 2.22. The molecule has 0 spiro atoms. The lowest BCUT2D eigenvalue weighted by molar-refractivity contribution is -0.149. The molecule has 9 heteroatoms. The van der Waals surface area contributed by atoms with Gasteiger partial charge in [0.05, 0.1) is 19.1 Å². The van der Waals surface area contributed by atoms with Crippen LogP contribution >= 0.6 is 0 Å². The summed E-state index contributed by atoms with van der Waals surface area (Å²) in [5.41, 5.74) is 0. The Morgan fingerprint density at radius 1 is 1.30 bits per heavy atom. The quantitative estimate of drug-likeness (QED) is 0.621. The number of piperidine rings is 1. The molecule has 0 bridgehead atoms. The van der Waals surface area contributed by atoms with E-state index in [4.69, 9.17) is 4.74 Å². The number of likely N-dealkylation sites (N-methyl/N-ethyl adjacent to an activating group) is 2. The molecular weight excluding hydrogens is 322 g/mol. The summed E-state index contributed by atoms with van der Waals surface area (Å²) in [6, 6.07) is 0. The monoisotopic (exact) mass is 349 g/mol. The third-order valence-electron chi connectivity index (χ3n) is 3.70. The van der Waals surface area contributed by atoms with Crippen LogP contribution in [0.3, 0.4) is 0 Å². The molecule has 0 aromatic rings. The fourth-order valence-corrected chi connectivity index (χ4v) is 4.20. The summed E-state index contributed by atoms with van der Waals surface area (Å²) < 4.78 is 32.8. The molecule has 1 unspecified atom stereocenters. The molecule has 1 amide bonds. The van der Waals surface area contributed by atoms with Gasteiger partial charge in [-0.3, -0.25) is 9.59 Å². The van der Waals surface area contributed by atoms with Crippen molar-refractivity contribution in [3.63, 3.8) is 0 Å². The van der Waals surface area contributed by atoms with Crippen LogP contribution in [-0.4, -0.2) is 68.2 Å². The Labute approximate surface area is 138 Å². The van der Waals surface area contributed by atoms with Gasteiger partial charge in [0.25, 0.3) is 10.2 Å². The van der Waals surface area contributed by atoms with Crippen LogP contribution in [0.1, 0.15) is 33.6 Å². The highest BCUT2D eigenvalue weighted by atomic mass is 32.2. The standard InChI is InChI=1S/C14H27N3O5S/c1-4-15-13(18)11-16(5-2)23(20,21)17-9-7-8-12(10-17)14(19)22-6-3/h12H,4-11H2,1-3H3,(H,15,18). The third-order valence-corrected chi connectivity index (χ3v) is 5.73. The molecule has 0 aromatic heterocycles. The molecular formula is C14H27N3O5S. The van der Waals surface area contributed by atoms with Crippen molar-refractivity contribution in [3.8, 4) is 0 Å². The van der Waals surface area contributed by atoms with E-state index in [1.807, 2.05) is 0 Å². The van der Waals surface area contributed by atoms with Crippen LogP contribution in [0.4, 0.5) is 0 Å². The largest absolute Gasteiger partial charge is 0.466 e. The highest BCUT2D eigenvalue weighted by Gasteiger charge is 2.36. The van der Waals surface area contributed by atoms with Crippen molar-refractivity contribution in [2.45, 2.75) is 33.6 Å². The first-order valence-electron chi connectivity index (χ1n) is 8.05. The predicted octanol–water partition coefficient (Wildman–Crippen LogP) is -0.0357. The Kier molecular flexibility index (Phi) is 7.93. The van der Waals surface area contributed by atoms with Gasteiger partial charge >= 0.3 is 5.97 Å². The molecule has 23 heavy (non-hydrogen) atoms. The van der Waals surface area contributed by atoms with E-state index in [0.29, 0.717) is 25.9 Å². The summed E-state index contributed by atoms with van der Waals surface area (Å²) in [6.07, 6.45) is 1.22. The predicted molar refractivity (Wildman–Crippen MR) is 85.8 cm³/mol. The maximum atomic E-state index is 12.7. The summed E-state index contributed by atoms with van der Waals surface area (Å²) in [5.74, 6) is -1.14. The fourth-order valence-electron chi connectivity index (χ4n) is 2.54. The molecule has 8 nitrogen and oxygen atoms in total. The number of hydrogen-bond acceptors (Lipinski definition) is 5. The van der Waals surface area contributed by atoms with Crippen LogP contribution in [-0.2, 0) is 24.5 Å². The van der Waals surface area contributed by atoms with Crippen molar-refractivity contribution >= 4 is 22.1 Å². The van der Waals surface area contributed by atoms with E-state index in [9.17, 15) is 18.0 Å². The van der Waals surface area contributed by atoms with Gasteiger partial charge in [0.1, 0.15) is 0 Å². The Hall–Kier alpha value is -1.19. The molecule has 1 fully saturated rings. The first-order valence-corrected chi connectivity index (χ1v) is 9.45. The number of nitrogens with one attached hydrogen (secondary N) is 1. The minimum absolute atomic E-state index is 0.104. The van der Waals surface area contributed by atoms with Gasteiger partial charge in [-0.05, 0) is 26.7 Å². The van der Waals surface area contributed by atoms with Crippen molar-refractivity contribution in [1.29, 1.82) is 0 Å². The Balaban J connectivity index is 2.80. The van der Waals surface area contributed by atoms with Crippen LogP contribution in [0.2, 0.25) is 0 Å². The van der Waals surface area contributed by atoms with Gasteiger partial charge in [-0.25, -0.2) is 0 Å². The average molecular weight is 349 g/mol. The molecule has 0 radical (unpaired) electrons. The fraction of sp³-hybridized carbons (Fsp3) is 0.857. The maximum Gasteiger partial charge on any atom is 0.310 e. The lowest BCUT2D eigenvalue weighted by Crippen LogP contribution is -2.51. The van der Waals surface area contributed by atoms with E-state index < -0.39 is 16.1 Å². The van der Waals surface area contributed by atoms with Crippen molar-refractivity contribution in [2.24, 2.45) is 5.92 Å². The summed E-state index contributed by atoms with van der Waals surface area (Å²) in [4.78, 5) is 23.5. The number of carbonyl (C=O) groups is 2. The lowest BCUT2D eigenvalue weighted by atomic mass is 10.0. The van der Waals surface area contributed by atoms with Crippen LogP contribution in [0.25, 0.3) is 0 Å². The summed E-state index contributed by atoms with van der Waals surface area (Å²) in [5, 5.41) is 2.59. The molecule has 1 heterocycles. The van der Waals surface area contributed by atoms with Gasteiger partial charge in [0, 0.05) is 26.2 Å². The van der Waals surface area contributed by atoms with Crippen LogP contribution < -0.4 is 5.32 Å². The van der Waals surface area contributed by atoms with E-state index in [2.05, 4.69) is 5.32 Å². The molecule has 0 aromatic carbocycles. The van der Waals surface area contributed by atoms with Crippen LogP contribution in [0.5, 0.6) is 0 Å². The van der Waals surface area contributed by atoms with Crippen molar-refractivity contribution < 1.29 is 22.7 Å². The highest BCUT2D eigenvalue weighted by molar-refractivity contribution is 7.86. The van der Waals surface area contributed by atoms with Gasteiger partial charge in [-0.1, -0.05) is 6.92 Å². The second-order valence-electron chi connectivity index (χ2n) is 5.34. The smallest absolute Gasteiger partial charge is 0.310 e. The van der Waals surface area contributed by atoms with Crippen molar-refractivity contribution in [3.05, 3.63) is 0 Å².